The van der Waals surface area contributed by atoms with Gasteiger partial charge in [0.2, 0.25) is 0 Å². The molecule has 1 aliphatic heterocycles. The van der Waals surface area contributed by atoms with Crippen molar-refractivity contribution in [1.29, 1.82) is 0 Å². The standard InChI is InChI=1S/C15H15N3O3/c19-14(17-9-6-11(10-17)15(20)21)12-4-1-2-5-13(12)18-8-3-7-16-18/h1-5,7-8,11H,6,9-10H2,(H,20,21)/t11-/m1/s1. The van der Waals surface area contributed by atoms with Crippen molar-refractivity contribution in [2.24, 2.45) is 5.92 Å². The summed E-state index contributed by atoms with van der Waals surface area (Å²) in [5, 5.41) is 13.2. The Balaban J connectivity index is 1.88. The van der Waals surface area contributed by atoms with Crippen molar-refractivity contribution in [3.8, 4) is 5.69 Å². The Hall–Kier alpha value is -2.63. The summed E-state index contributed by atoms with van der Waals surface area (Å²) in [5.74, 6) is -1.46. The van der Waals surface area contributed by atoms with E-state index in [0.29, 0.717) is 24.2 Å². The highest BCUT2D eigenvalue weighted by molar-refractivity contribution is 5.98. The summed E-state index contributed by atoms with van der Waals surface area (Å²) in [4.78, 5) is 25.2. The van der Waals surface area contributed by atoms with Crippen LogP contribution in [0.1, 0.15) is 16.8 Å². The number of amides is 1. The number of para-hydroxylation sites is 1. The van der Waals surface area contributed by atoms with Crippen molar-refractivity contribution in [1.82, 2.24) is 14.7 Å². The van der Waals surface area contributed by atoms with Crippen LogP contribution in [-0.2, 0) is 4.79 Å². The molecule has 0 spiro atoms. The molecule has 2 aromatic rings. The molecule has 1 saturated heterocycles. The molecule has 21 heavy (non-hydrogen) atoms. The first-order chi connectivity index (χ1) is 10.2. The van der Waals surface area contributed by atoms with Crippen LogP contribution >= 0.6 is 0 Å². The molecule has 0 unspecified atom stereocenters. The molecule has 1 aliphatic rings. The average molecular weight is 285 g/mol. The summed E-state index contributed by atoms with van der Waals surface area (Å²) in [6.07, 6.45) is 3.93. The molecular weight excluding hydrogens is 270 g/mol. The van der Waals surface area contributed by atoms with Crippen LogP contribution in [0, 0.1) is 5.92 Å². The number of hydrogen-bond acceptors (Lipinski definition) is 3. The third-order valence-corrected chi connectivity index (χ3v) is 3.71. The van der Waals surface area contributed by atoms with Crippen LogP contribution in [0.5, 0.6) is 0 Å². The van der Waals surface area contributed by atoms with Crippen molar-refractivity contribution >= 4 is 11.9 Å². The van der Waals surface area contributed by atoms with Gasteiger partial charge in [-0.3, -0.25) is 9.59 Å². The molecule has 108 valence electrons. The highest BCUT2D eigenvalue weighted by Crippen LogP contribution is 2.22. The van der Waals surface area contributed by atoms with Gasteiger partial charge < -0.3 is 10.0 Å². The fraction of sp³-hybridized carbons (Fsp3) is 0.267. The first kappa shape index (κ1) is 13.4. The molecule has 6 nitrogen and oxygen atoms in total. The number of carbonyl (C=O) groups is 2. The minimum atomic E-state index is -0.842. The maximum absolute atomic E-state index is 12.6. The smallest absolute Gasteiger partial charge is 0.308 e. The number of aliphatic carboxylic acids is 1. The van der Waals surface area contributed by atoms with E-state index in [4.69, 9.17) is 5.11 Å². The Morgan fingerprint density at radius 3 is 2.71 bits per heavy atom. The summed E-state index contributed by atoms with van der Waals surface area (Å²) >= 11 is 0. The van der Waals surface area contributed by atoms with Crippen molar-refractivity contribution in [2.75, 3.05) is 13.1 Å². The SMILES string of the molecule is O=C(O)[C@@H]1CCN(C(=O)c2ccccc2-n2cccn2)C1. The molecule has 2 heterocycles. The van der Waals surface area contributed by atoms with Gasteiger partial charge in [0, 0.05) is 25.5 Å². The number of benzene rings is 1. The molecule has 3 rings (SSSR count). The van der Waals surface area contributed by atoms with Crippen LogP contribution < -0.4 is 0 Å². The Morgan fingerprint density at radius 2 is 2.05 bits per heavy atom. The molecule has 0 aliphatic carbocycles. The highest BCUT2D eigenvalue weighted by atomic mass is 16.4. The number of rotatable bonds is 3. The molecule has 0 radical (unpaired) electrons. The summed E-state index contributed by atoms with van der Waals surface area (Å²) in [6, 6.07) is 9.00. The van der Waals surface area contributed by atoms with Crippen LogP contribution in [0.4, 0.5) is 0 Å². The van der Waals surface area contributed by atoms with Gasteiger partial charge >= 0.3 is 5.97 Å². The molecule has 0 saturated carbocycles. The lowest BCUT2D eigenvalue weighted by molar-refractivity contribution is -0.141. The second-order valence-corrected chi connectivity index (χ2v) is 5.04. The van der Waals surface area contributed by atoms with Gasteiger partial charge in [0.15, 0.2) is 0 Å². The molecule has 6 heteroatoms. The molecular formula is C15H15N3O3. The van der Waals surface area contributed by atoms with Crippen LogP contribution in [0.25, 0.3) is 5.69 Å². The third-order valence-electron chi connectivity index (χ3n) is 3.71. The Morgan fingerprint density at radius 1 is 1.24 bits per heavy atom. The molecule has 1 fully saturated rings. The van der Waals surface area contributed by atoms with Crippen molar-refractivity contribution in [3.63, 3.8) is 0 Å². The normalized spacial score (nSPS) is 17.9. The van der Waals surface area contributed by atoms with Gasteiger partial charge in [0.25, 0.3) is 5.91 Å². The predicted octanol–water partition coefficient (Wildman–Crippen LogP) is 1.42. The molecule has 1 amide bonds. The first-order valence-electron chi connectivity index (χ1n) is 6.78. The topological polar surface area (TPSA) is 75.4 Å². The Kier molecular flexibility index (Phi) is 3.43. The van der Waals surface area contributed by atoms with Gasteiger partial charge in [-0.15, -0.1) is 0 Å². The average Bonchev–Trinajstić information content (AvgIpc) is 3.18. The first-order valence-corrected chi connectivity index (χ1v) is 6.78. The van der Waals surface area contributed by atoms with E-state index >= 15 is 0 Å². The van der Waals surface area contributed by atoms with E-state index in [9.17, 15) is 9.59 Å². The quantitative estimate of drug-likeness (QED) is 0.925. The molecule has 1 aromatic heterocycles. The number of carboxylic acids is 1. The zero-order valence-electron chi connectivity index (χ0n) is 11.3. The van der Waals surface area contributed by atoms with Crippen molar-refractivity contribution < 1.29 is 14.7 Å². The van der Waals surface area contributed by atoms with Gasteiger partial charge in [-0.2, -0.15) is 5.10 Å². The van der Waals surface area contributed by atoms with Gasteiger partial charge in [-0.25, -0.2) is 4.68 Å². The highest BCUT2D eigenvalue weighted by Gasteiger charge is 2.32. The largest absolute Gasteiger partial charge is 0.481 e. The predicted molar refractivity (Wildman–Crippen MR) is 75.2 cm³/mol. The van der Waals surface area contributed by atoms with Gasteiger partial charge in [-0.1, -0.05) is 12.1 Å². The number of carbonyl (C=O) groups excluding carboxylic acids is 1. The van der Waals surface area contributed by atoms with E-state index in [1.54, 1.807) is 40.2 Å². The van der Waals surface area contributed by atoms with E-state index in [1.165, 1.54) is 0 Å². The summed E-state index contributed by atoms with van der Waals surface area (Å²) in [6.45, 7) is 0.741. The lowest BCUT2D eigenvalue weighted by Gasteiger charge is -2.18. The summed E-state index contributed by atoms with van der Waals surface area (Å²) in [5.41, 5.74) is 1.23. The molecule has 0 bridgehead atoms. The monoisotopic (exact) mass is 285 g/mol. The van der Waals surface area contributed by atoms with E-state index in [2.05, 4.69) is 5.10 Å². The van der Waals surface area contributed by atoms with Crippen molar-refractivity contribution in [3.05, 3.63) is 48.3 Å². The maximum atomic E-state index is 12.6. The van der Waals surface area contributed by atoms with E-state index in [0.717, 1.165) is 0 Å². The van der Waals surface area contributed by atoms with Crippen LogP contribution in [0.2, 0.25) is 0 Å². The van der Waals surface area contributed by atoms with E-state index in [1.807, 2.05) is 12.1 Å². The fourth-order valence-corrected chi connectivity index (χ4v) is 2.58. The molecule has 1 aromatic carbocycles. The van der Waals surface area contributed by atoms with E-state index < -0.39 is 11.9 Å². The van der Waals surface area contributed by atoms with Crippen LogP contribution in [0.3, 0.4) is 0 Å². The number of nitrogens with zero attached hydrogens (tertiary/aromatic N) is 3. The van der Waals surface area contributed by atoms with Crippen molar-refractivity contribution in [2.45, 2.75) is 6.42 Å². The minimum absolute atomic E-state index is 0.148. The van der Waals surface area contributed by atoms with Gasteiger partial charge in [0.1, 0.15) is 0 Å². The maximum Gasteiger partial charge on any atom is 0.308 e. The second-order valence-electron chi connectivity index (χ2n) is 5.04. The number of hydrogen-bond donors (Lipinski definition) is 1. The van der Waals surface area contributed by atoms with E-state index in [-0.39, 0.29) is 12.5 Å². The van der Waals surface area contributed by atoms with Gasteiger partial charge in [0.05, 0.1) is 17.2 Å². The lowest BCUT2D eigenvalue weighted by Crippen LogP contribution is -2.30. The van der Waals surface area contributed by atoms with Crippen LogP contribution in [-0.4, -0.2) is 44.8 Å². The zero-order chi connectivity index (χ0) is 14.8. The summed E-state index contributed by atoms with van der Waals surface area (Å²) < 4.78 is 1.64. The number of carboxylic acid groups (broad SMARTS) is 1. The second kappa shape index (κ2) is 5.40. The lowest BCUT2D eigenvalue weighted by atomic mass is 10.1. The number of likely N-dealkylation sites (tertiary alicyclic amines) is 1. The number of aromatic nitrogens is 2. The fourth-order valence-electron chi connectivity index (χ4n) is 2.58. The minimum Gasteiger partial charge on any atom is -0.481 e. The summed E-state index contributed by atoms with van der Waals surface area (Å²) in [7, 11) is 0. The van der Waals surface area contributed by atoms with Gasteiger partial charge in [-0.05, 0) is 24.6 Å². The third kappa shape index (κ3) is 2.52. The molecule has 1 atom stereocenters. The molecule has 1 N–H and O–H groups in total. The Bertz CT molecular complexity index is 667. The Labute approximate surface area is 121 Å². The zero-order valence-corrected chi connectivity index (χ0v) is 11.3. The van der Waals surface area contributed by atoms with Crippen LogP contribution in [0.15, 0.2) is 42.7 Å².